The lowest BCUT2D eigenvalue weighted by Crippen LogP contribution is -2.58. The van der Waals surface area contributed by atoms with Gasteiger partial charge >= 0.3 is 25.0 Å². The fourth-order valence-electron chi connectivity index (χ4n) is 4.68. The van der Waals surface area contributed by atoms with Crippen molar-refractivity contribution in [2.75, 3.05) is 19.6 Å². The Morgan fingerprint density at radius 3 is 2.63 bits per heavy atom. The lowest BCUT2D eigenvalue weighted by atomic mass is 9.64. The zero-order chi connectivity index (χ0) is 27.7. The Kier molecular flexibility index (Phi) is 7.84. The second-order valence-corrected chi connectivity index (χ2v) is 9.71. The van der Waals surface area contributed by atoms with Gasteiger partial charge in [-0.05, 0) is 49.1 Å². The average molecular weight is 544 g/mol. The molecule has 4 N–H and O–H groups in total. The van der Waals surface area contributed by atoms with Crippen molar-refractivity contribution in [1.29, 1.82) is 0 Å². The molecule has 1 fully saturated rings. The Labute approximate surface area is 224 Å². The van der Waals surface area contributed by atoms with Crippen molar-refractivity contribution in [3.63, 3.8) is 0 Å². The number of rotatable bonds is 6. The summed E-state index contributed by atoms with van der Waals surface area (Å²) in [6, 6.07) is 5.38. The molecule has 200 valence electrons. The number of urea groups is 1. The van der Waals surface area contributed by atoms with Gasteiger partial charge in [-0.1, -0.05) is 29.8 Å². The van der Waals surface area contributed by atoms with Crippen LogP contribution < -0.4 is 9.97 Å². The van der Waals surface area contributed by atoms with E-state index in [1.165, 1.54) is 11.0 Å². The van der Waals surface area contributed by atoms with E-state index in [0.29, 0.717) is 23.6 Å². The third-order valence-corrected chi connectivity index (χ3v) is 7.09. The number of ketones is 1. The van der Waals surface area contributed by atoms with Crippen molar-refractivity contribution in [2.45, 2.75) is 38.5 Å². The predicted octanol–water partition coefficient (Wildman–Crippen LogP) is 1.95. The SMILES string of the molecule is CCN1CCN(C(=O)NC(C(=O)C[C@H]2Cc3cccc(C)c3OB2O)c2cc(O)c(O)c(Cl)c2)C(=O)C1=O. The molecule has 38 heavy (non-hydrogen) atoms. The number of nitrogens with zero attached hydrogens (tertiary/aromatic N) is 2. The van der Waals surface area contributed by atoms with Gasteiger partial charge in [-0.15, -0.1) is 0 Å². The zero-order valence-corrected chi connectivity index (χ0v) is 21.6. The van der Waals surface area contributed by atoms with Gasteiger partial charge < -0.3 is 30.1 Å². The van der Waals surface area contributed by atoms with Gasteiger partial charge in [0.05, 0.1) is 5.02 Å². The van der Waals surface area contributed by atoms with Gasteiger partial charge in [0, 0.05) is 31.9 Å². The molecule has 0 saturated carbocycles. The summed E-state index contributed by atoms with van der Waals surface area (Å²) >= 11 is 6.00. The number of fused-ring (bicyclic) bond motifs is 1. The third kappa shape index (κ3) is 5.27. The molecule has 4 amide bonds. The molecule has 2 aliphatic heterocycles. The molecule has 11 nitrogen and oxygen atoms in total. The number of halogens is 1. The molecule has 2 atom stereocenters. The van der Waals surface area contributed by atoms with Crippen LogP contribution in [0.4, 0.5) is 4.79 Å². The summed E-state index contributed by atoms with van der Waals surface area (Å²) in [5, 5.41) is 32.8. The highest BCUT2D eigenvalue weighted by Crippen LogP contribution is 2.39. The van der Waals surface area contributed by atoms with Crippen LogP contribution in [0, 0.1) is 6.92 Å². The monoisotopic (exact) mass is 543 g/mol. The fraction of sp³-hybridized carbons (Fsp3) is 0.360. The minimum Gasteiger partial charge on any atom is -0.536 e. The van der Waals surface area contributed by atoms with Crippen molar-refractivity contribution in [3.05, 3.63) is 52.0 Å². The Morgan fingerprint density at radius 1 is 1.21 bits per heavy atom. The first-order valence-electron chi connectivity index (χ1n) is 12.1. The van der Waals surface area contributed by atoms with Crippen LogP contribution >= 0.6 is 11.6 Å². The summed E-state index contributed by atoms with van der Waals surface area (Å²) in [6.45, 7) is 3.93. The van der Waals surface area contributed by atoms with E-state index in [1.807, 2.05) is 25.1 Å². The van der Waals surface area contributed by atoms with Gasteiger partial charge in [0.25, 0.3) is 0 Å². The lowest BCUT2D eigenvalue weighted by molar-refractivity contribution is -0.153. The van der Waals surface area contributed by atoms with E-state index in [-0.39, 0.29) is 30.1 Å². The van der Waals surface area contributed by atoms with E-state index in [0.717, 1.165) is 17.2 Å². The number of nitrogens with one attached hydrogen (secondary N) is 1. The van der Waals surface area contributed by atoms with Crippen LogP contribution in [-0.4, -0.2) is 75.4 Å². The number of imide groups is 1. The Hall–Kier alpha value is -3.77. The maximum Gasteiger partial charge on any atom is 0.526 e. The standard InChI is InChI=1S/C25H27BClN3O8/c1-3-29-7-8-30(24(35)23(29)34)25(36)28-20(15-10-17(27)21(33)19(32)11-15)18(31)12-16-9-14-6-4-5-13(2)22(14)38-26(16)37/h4-6,10-11,16,20,32-33,37H,3,7-9,12H2,1-2H3,(H,28,36)/t16-,20?/m1/s1. The van der Waals surface area contributed by atoms with Crippen molar-refractivity contribution < 1.29 is 39.1 Å². The second kappa shape index (κ2) is 10.9. The number of piperazine rings is 1. The number of hydrogen-bond acceptors (Lipinski definition) is 8. The summed E-state index contributed by atoms with van der Waals surface area (Å²) in [5.74, 6) is -3.77. The van der Waals surface area contributed by atoms with Crippen LogP contribution in [0.15, 0.2) is 30.3 Å². The highest BCUT2D eigenvalue weighted by molar-refractivity contribution is 6.46. The van der Waals surface area contributed by atoms with Crippen molar-refractivity contribution in [3.8, 4) is 17.2 Å². The highest BCUT2D eigenvalue weighted by atomic mass is 35.5. The van der Waals surface area contributed by atoms with Gasteiger partial charge in [0.15, 0.2) is 17.3 Å². The number of carbonyl (C=O) groups excluding carboxylic acids is 4. The lowest BCUT2D eigenvalue weighted by Gasteiger charge is -2.33. The molecule has 1 saturated heterocycles. The summed E-state index contributed by atoms with van der Waals surface area (Å²) in [4.78, 5) is 53.5. The number of Topliss-reactive ketones (excluding diaryl/α,β-unsaturated/α-hetero) is 1. The van der Waals surface area contributed by atoms with E-state index < -0.39 is 54.1 Å². The molecule has 13 heteroatoms. The molecule has 2 aromatic rings. The molecule has 2 aliphatic rings. The van der Waals surface area contributed by atoms with Crippen LogP contribution in [-0.2, 0) is 20.8 Å². The molecule has 4 rings (SSSR count). The van der Waals surface area contributed by atoms with Crippen LogP contribution in [0.5, 0.6) is 17.2 Å². The summed E-state index contributed by atoms with van der Waals surface area (Å²) < 4.78 is 5.67. The molecular formula is C25H27BClN3O8. The normalized spacial score (nSPS) is 18.1. The van der Waals surface area contributed by atoms with E-state index in [1.54, 1.807) is 6.92 Å². The van der Waals surface area contributed by atoms with Crippen LogP contribution in [0.2, 0.25) is 10.8 Å². The number of phenols is 2. The topological polar surface area (TPSA) is 157 Å². The molecule has 0 bridgehead atoms. The number of carbonyl (C=O) groups is 4. The summed E-state index contributed by atoms with van der Waals surface area (Å²) in [6.07, 6.45) is 0.0907. The molecule has 2 aromatic carbocycles. The quantitative estimate of drug-likeness (QED) is 0.245. The maximum atomic E-state index is 13.6. The number of benzene rings is 2. The maximum absolute atomic E-state index is 13.6. The smallest absolute Gasteiger partial charge is 0.526 e. The highest BCUT2D eigenvalue weighted by Gasteiger charge is 2.40. The average Bonchev–Trinajstić information content (AvgIpc) is 2.88. The Balaban J connectivity index is 1.59. The van der Waals surface area contributed by atoms with E-state index >= 15 is 0 Å². The van der Waals surface area contributed by atoms with Crippen LogP contribution in [0.25, 0.3) is 0 Å². The fourth-order valence-corrected chi connectivity index (χ4v) is 4.91. The Morgan fingerprint density at radius 2 is 1.95 bits per heavy atom. The number of para-hydroxylation sites is 1. The van der Waals surface area contributed by atoms with Gasteiger partial charge in [0.1, 0.15) is 11.8 Å². The first kappa shape index (κ1) is 27.3. The number of hydrogen-bond donors (Lipinski definition) is 4. The van der Waals surface area contributed by atoms with Gasteiger partial charge in [-0.25, -0.2) is 4.79 Å². The van der Waals surface area contributed by atoms with E-state index in [4.69, 9.17) is 16.3 Å². The number of aromatic hydroxyl groups is 2. The van der Waals surface area contributed by atoms with Crippen LogP contribution in [0.1, 0.15) is 36.1 Å². The van der Waals surface area contributed by atoms with Crippen molar-refractivity contribution >= 4 is 42.3 Å². The molecule has 0 radical (unpaired) electrons. The predicted molar refractivity (Wildman–Crippen MR) is 137 cm³/mol. The molecule has 1 unspecified atom stereocenters. The summed E-state index contributed by atoms with van der Waals surface area (Å²) in [5.41, 5.74) is 1.70. The van der Waals surface area contributed by atoms with Gasteiger partial charge in [-0.2, -0.15) is 0 Å². The number of likely N-dealkylation sites (N-methyl/N-ethyl adjacent to an activating group) is 1. The molecule has 0 aliphatic carbocycles. The van der Waals surface area contributed by atoms with Crippen molar-refractivity contribution in [2.24, 2.45) is 0 Å². The van der Waals surface area contributed by atoms with Crippen LogP contribution in [0.3, 0.4) is 0 Å². The molecule has 0 spiro atoms. The zero-order valence-electron chi connectivity index (χ0n) is 20.8. The number of phenolic OH excluding ortho intramolecular Hbond substituents is 2. The largest absolute Gasteiger partial charge is 0.536 e. The second-order valence-electron chi connectivity index (χ2n) is 9.30. The van der Waals surface area contributed by atoms with Gasteiger partial charge in [-0.3, -0.25) is 19.3 Å². The molecule has 2 heterocycles. The number of aryl methyl sites for hydroxylation is 1. The third-order valence-electron chi connectivity index (χ3n) is 6.81. The number of amides is 4. The molecular weight excluding hydrogens is 517 g/mol. The Bertz CT molecular complexity index is 1280. The first-order valence-corrected chi connectivity index (χ1v) is 12.5. The van der Waals surface area contributed by atoms with E-state index in [9.17, 15) is 34.4 Å². The van der Waals surface area contributed by atoms with Gasteiger partial charge in [0.2, 0.25) is 0 Å². The van der Waals surface area contributed by atoms with E-state index in [2.05, 4.69) is 5.32 Å². The van der Waals surface area contributed by atoms with Crippen molar-refractivity contribution in [1.82, 2.24) is 15.1 Å². The minimum atomic E-state index is -1.43. The summed E-state index contributed by atoms with van der Waals surface area (Å²) in [7, 11) is -1.29. The first-order chi connectivity index (χ1) is 18.0. The minimum absolute atomic E-state index is 0.0390. The molecule has 0 aromatic heterocycles.